The number of benzene rings is 1. The first-order valence-corrected chi connectivity index (χ1v) is 9.26. The number of rotatable bonds is 7. The molecule has 0 aliphatic rings. The van der Waals surface area contributed by atoms with E-state index in [-0.39, 0.29) is 5.82 Å². The fourth-order valence-corrected chi connectivity index (χ4v) is 2.72. The predicted molar refractivity (Wildman–Crippen MR) is 104 cm³/mol. The van der Waals surface area contributed by atoms with E-state index in [1.54, 1.807) is 6.20 Å². The van der Waals surface area contributed by atoms with E-state index in [4.69, 9.17) is 0 Å². The van der Waals surface area contributed by atoms with Gasteiger partial charge in [0, 0.05) is 23.8 Å². The molecule has 0 fully saturated rings. The lowest BCUT2D eigenvalue weighted by Gasteiger charge is -2.12. The molecule has 0 unspecified atom stereocenters. The van der Waals surface area contributed by atoms with Crippen LogP contribution in [0.3, 0.4) is 0 Å². The van der Waals surface area contributed by atoms with Gasteiger partial charge in [-0.05, 0) is 56.0 Å². The zero-order chi connectivity index (χ0) is 18.1. The summed E-state index contributed by atoms with van der Waals surface area (Å²) in [5.41, 5.74) is 2.83. The van der Waals surface area contributed by atoms with Gasteiger partial charge in [0.2, 0.25) is 0 Å². The van der Waals surface area contributed by atoms with Crippen molar-refractivity contribution in [2.45, 2.75) is 33.2 Å². The topological polar surface area (TPSA) is 49.3 Å². The van der Waals surface area contributed by atoms with Crippen LogP contribution < -0.4 is 10.6 Å². The van der Waals surface area contributed by atoms with E-state index >= 15 is 0 Å². The monoisotopic (exact) mass is 406 g/mol. The number of hydrogen-bond donors (Lipinski definition) is 2. The second-order valence-electron chi connectivity index (χ2n) is 5.73. The van der Waals surface area contributed by atoms with Gasteiger partial charge in [0.25, 0.3) is 0 Å². The Kier molecular flexibility index (Phi) is 7.85. The minimum Gasteiger partial charge on any atom is -0.357 e. The third-order valence-corrected chi connectivity index (χ3v) is 4.27. The highest BCUT2D eigenvalue weighted by molar-refractivity contribution is 9.10. The van der Waals surface area contributed by atoms with E-state index in [1.165, 1.54) is 6.07 Å². The molecule has 25 heavy (non-hydrogen) atoms. The van der Waals surface area contributed by atoms with Crippen molar-refractivity contribution in [3.8, 4) is 0 Å². The number of nitrogens with one attached hydrogen (secondary N) is 2. The molecule has 0 saturated carbocycles. The number of aryl methyl sites for hydroxylation is 2. The smallest absolute Gasteiger partial charge is 0.191 e. The summed E-state index contributed by atoms with van der Waals surface area (Å²) in [6.07, 6.45) is 3.29. The van der Waals surface area contributed by atoms with Gasteiger partial charge in [-0.15, -0.1) is 0 Å². The maximum absolute atomic E-state index is 13.8. The minimum atomic E-state index is -0.166. The molecule has 0 aliphatic heterocycles. The number of guanidine groups is 1. The number of halogens is 2. The van der Waals surface area contributed by atoms with Gasteiger partial charge in [-0.1, -0.05) is 28.1 Å². The Morgan fingerprint density at radius 2 is 2.12 bits per heavy atom. The van der Waals surface area contributed by atoms with Crippen molar-refractivity contribution in [1.82, 2.24) is 15.6 Å². The molecular formula is C19H24BrFN4. The van der Waals surface area contributed by atoms with Crippen molar-refractivity contribution in [1.29, 1.82) is 0 Å². The van der Waals surface area contributed by atoms with Crippen molar-refractivity contribution in [3.05, 3.63) is 63.6 Å². The van der Waals surface area contributed by atoms with Crippen LogP contribution in [-0.4, -0.2) is 24.0 Å². The summed E-state index contributed by atoms with van der Waals surface area (Å²) in [5.74, 6) is 0.587. The Morgan fingerprint density at radius 1 is 1.28 bits per heavy atom. The van der Waals surface area contributed by atoms with Crippen molar-refractivity contribution in [3.63, 3.8) is 0 Å². The van der Waals surface area contributed by atoms with Crippen LogP contribution in [0.5, 0.6) is 0 Å². The quantitative estimate of drug-likeness (QED) is 0.415. The summed E-state index contributed by atoms with van der Waals surface area (Å²) < 4.78 is 14.6. The van der Waals surface area contributed by atoms with E-state index in [2.05, 4.69) is 36.5 Å². The van der Waals surface area contributed by atoms with Crippen molar-refractivity contribution in [2.75, 3.05) is 13.1 Å². The summed E-state index contributed by atoms with van der Waals surface area (Å²) in [7, 11) is 0. The van der Waals surface area contributed by atoms with Crippen molar-refractivity contribution < 1.29 is 4.39 Å². The van der Waals surface area contributed by atoms with Crippen LogP contribution in [-0.2, 0) is 13.0 Å². The fraction of sp³-hybridized carbons (Fsp3) is 0.368. The molecular weight excluding hydrogens is 383 g/mol. The van der Waals surface area contributed by atoms with Crippen molar-refractivity contribution >= 4 is 21.9 Å². The zero-order valence-electron chi connectivity index (χ0n) is 14.6. The lowest BCUT2D eigenvalue weighted by atomic mass is 10.1. The highest BCUT2D eigenvalue weighted by Gasteiger charge is 2.04. The maximum atomic E-state index is 13.8. The van der Waals surface area contributed by atoms with Crippen LogP contribution in [0.2, 0.25) is 0 Å². The molecule has 2 aromatic rings. The first-order chi connectivity index (χ1) is 12.1. The highest BCUT2D eigenvalue weighted by Crippen LogP contribution is 2.16. The third kappa shape index (κ3) is 6.46. The molecule has 0 spiro atoms. The molecule has 2 N–H and O–H groups in total. The Hall–Kier alpha value is -1.95. The van der Waals surface area contributed by atoms with E-state index < -0.39 is 0 Å². The molecule has 2 rings (SSSR count). The van der Waals surface area contributed by atoms with Crippen molar-refractivity contribution in [2.24, 2.45) is 4.99 Å². The normalized spacial score (nSPS) is 11.4. The van der Waals surface area contributed by atoms with E-state index in [0.29, 0.717) is 13.0 Å². The second kappa shape index (κ2) is 10.1. The van der Waals surface area contributed by atoms with Gasteiger partial charge in [0.05, 0.1) is 12.2 Å². The standard InChI is InChI=1S/C19H24BrFN4/c1-3-22-19(25-13-18-14(2)6-4-10-23-18)24-11-5-7-15-8-9-16(20)12-17(15)21/h4,6,8-10,12H,3,5,7,11,13H2,1-2H3,(H2,22,24,25). The summed E-state index contributed by atoms with van der Waals surface area (Å²) in [4.78, 5) is 8.93. The Bertz CT molecular complexity index is 718. The SMILES string of the molecule is CCNC(=NCc1ncccc1C)NCCCc1ccc(Br)cc1F. The number of pyridine rings is 1. The molecule has 4 nitrogen and oxygen atoms in total. The van der Waals surface area contributed by atoms with Gasteiger partial charge >= 0.3 is 0 Å². The average Bonchev–Trinajstić information content (AvgIpc) is 2.59. The molecule has 1 aromatic heterocycles. The maximum Gasteiger partial charge on any atom is 0.191 e. The van der Waals surface area contributed by atoms with Crippen LogP contribution in [0, 0.1) is 12.7 Å². The van der Waals surface area contributed by atoms with Crippen LogP contribution in [0.15, 0.2) is 46.0 Å². The number of aliphatic imine (C=N–C) groups is 1. The summed E-state index contributed by atoms with van der Waals surface area (Å²) in [6, 6.07) is 9.15. The largest absolute Gasteiger partial charge is 0.357 e. The average molecular weight is 407 g/mol. The Balaban J connectivity index is 1.84. The van der Waals surface area contributed by atoms with E-state index in [9.17, 15) is 4.39 Å². The molecule has 0 bridgehead atoms. The van der Waals surface area contributed by atoms with Crippen LogP contribution in [0.25, 0.3) is 0 Å². The summed E-state index contributed by atoms with van der Waals surface area (Å²) >= 11 is 3.27. The summed E-state index contributed by atoms with van der Waals surface area (Å²) in [5, 5.41) is 6.51. The summed E-state index contributed by atoms with van der Waals surface area (Å²) in [6.45, 7) is 6.10. The number of nitrogens with zero attached hydrogens (tertiary/aromatic N) is 2. The number of hydrogen-bond acceptors (Lipinski definition) is 2. The van der Waals surface area contributed by atoms with E-state index in [1.807, 2.05) is 38.1 Å². The second-order valence-corrected chi connectivity index (χ2v) is 6.64. The van der Waals surface area contributed by atoms with Gasteiger partial charge in [0.1, 0.15) is 5.82 Å². The van der Waals surface area contributed by atoms with Gasteiger partial charge in [-0.3, -0.25) is 4.98 Å². The minimum absolute atomic E-state index is 0.166. The third-order valence-electron chi connectivity index (χ3n) is 3.78. The molecule has 6 heteroatoms. The Labute approximate surface area is 157 Å². The van der Waals surface area contributed by atoms with E-state index in [0.717, 1.165) is 46.8 Å². The zero-order valence-corrected chi connectivity index (χ0v) is 16.2. The predicted octanol–water partition coefficient (Wildman–Crippen LogP) is 3.98. The molecule has 0 aliphatic carbocycles. The molecule has 1 heterocycles. The molecule has 134 valence electrons. The molecule has 0 saturated heterocycles. The lowest BCUT2D eigenvalue weighted by Crippen LogP contribution is -2.37. The molecule has 1 aromatic carbocycles. The molecule has 0 radical (unpaired) electrons. The Morgan fingerprint density at radius 3 is 2.84 bits per heavy atom. The van der Waals surface area contributed by atoms with Crippen LogP contribution in [0.4, 0.5) is 4.39 Å². The first kappa shape index (κ1) is 19.4. The molecule has 0 atom stereocenters. The highest BCUT2D eigenvalue weighted by atomic mass is 79.9. The van der Waals surface area contributed by atoms with Gasteiger partial charge in [-0.25, -0.2) is 9.38 Å². The first-order valence-electron chi connectivity index (χ1n) is 8.46. The lowest BCUT2D eigenvalue weighted by molar-refractivity contribution is 0.602. The number of aromatic nitrogens is 1. The molecule has 0 amide bonds. The van der Waals surface area contributed by atoms with Gasteiger partial charge < -0.3 is 10.6 Å². The van der Waals surface area contributed by atoms with Gasteiger partial charge in [0.15, 0.2) is 5.96 Å². The fourth-order valence-electron chi connectivity index (χ4n) is 2.39. The van der Waals surface area contributed by atoms with Gasteiger partial charge in [-0.2, -0.15) is 0 Å². The van der Waals surface area contributed by atoms with Crippen LogP contribution in [0.1, 0.15) is 30.2 Å². The van der Waals surface area contributed by atoms with Crippen LogP contribution >= 0.6 is 15.9 Å².